The molecule has 6 nitrogen and oxygen atoms in total. The highest BCUT2D eigenvalue weighted by Crippen LogP contribution is 2.25. The Bertz CT molecular complexity index is 1330. The van der Waals surface area contributed by atoms with Crippen molar-refractivity contribution in [3.05, 3.63) is 80.4 Å². The van der Waals surface area contributed by atoms with E-state index in [1.807, 2.05) is 26.0 Å². The summed E-state index contributed by atoms with van der Waals surface area (Å²) in [6.07, 6.45) is 1.66. The molecule has 0 aliphatic heterocycles. The van der Waals surface area contributed by atoms with Crippen LogP contribution < -0.4 is 10.2 Å². The van der Waals surface area contributed by atoms with Crippen LogP contribution in [-0.2, 0) is 0 Å². The van der Waals surface area contributed by atoms with Crippen LogP contribution in [0.15, 0.2) is 58.0 Å². The van der Waals surface area contributed by atoms with E-state index in [2.05, 4.69) is 75.8 Å². The van der Waals surface area contributed by atoms with Crippen LogP contribution >= 0.6 is 22.6 Å². The molecule has 0 spiro atoms. The van der Waals surface area contributed by atoms with Crippen LogP contribution in [0.2, 0.25) is 0 Å². The number of hydrogen-bond donors (Lipinski definition) is 1. The van der Waals surface area contributed by atoms with Gasteiger partial charge in [-0.2, -0.15) is 5.10 Å². The van der Waals surface area contributed by atoms with Gasteiger partial charge in [0, 0.05) is 31.6 Å². The number of rotatable bonds is 6. The molecule has 7 heteroatoms. The molecule has 0 bridgehead atoms. The zero-order valence-electron chi connectivity index (χ0n) is 18.4. The molecule has 4 rings (SSSR count). The van der Waals surface area contributed by atoms with Crippen LogP contribution in [0, 0.1) is 24.3 Å². The second-order valence-corrected chi connectivity index (χ2v) is 8.70. The molecule has 0 aliphatic carbocycles. The molecule has 0 atom stereocenters. The summed E-state index contributed by atoms with van der Waals surface area (Å²) in [7, 11) is 0. The van der Waals surface area contributed by atoms with Crippen LogP contribution in [0.4, 0.5) is 0 Å². The van der Waals surface area contributed by atoms with Crippen molar-refractivity contribution in [1.82, 2.24) is 9.99 Å². The number of fused-ring (bicyclic) bond motifs is 1. The highest BCUT2D eigenvalue weighted by Gasteiger charge is 2.13. The zero-order valence-corrected chi connectivity index (χ0v) is 20.6. The normalized spacial score (nSPS) is 11.4. The summed E-state index contributed by atoms with van der Waals surface area (Å²) in [5.74, 6) is 0.535. The maximum atomic E-state index is 12.5. The molecule has 0 fully saturated rings. The molecule has 164 valence electrons. The van der Waals surface area contributed by atoms with Crippen molar-refractivity contribution in [3.63, 3.8) is 0 Å². The Labute approximate surface area is 200 Å². The third-order valence-electron chi connectivity index (χ3n) is 5.26. The number of carbonyl (C=O) groups is 1. The summed E-state index contributed by atoms with van der Waals surface area (Å²) in [5, 5.41) is 4.96. The Morgan fingerprint density at radius 2 is 1.97 bits per heavy atom. The number of ether oxygens (including phenoxy) is 1. The molecule has 2 heterocycles. The second-order valence-electron chi connectivity index (χ2n) is 7.54. The summed E-state index contributed by atoms with van der Waals surface area (Å²) in [4.78, 5) is 12.5. The number of benzene rings is 2. The Morgan fingerprint density at radius 3 is 2.72 bits per heavy atom. The molecule has 4 aromatic rings. The summed E-state index contributed by atoms with van der Waals surface area (Å²) < 4.78 is 14.6. The van der Waals surface area contributed by atoms with E-state index < -0.39 is 5.91 Å². The van der Waals surface area contributed by atoms with Crippen molar-refractivity contribution in [1.29, 1.82) is 0 Å². The van der Waals surface area contributed by atoms with Crippen molar-refractivity contribution in [2.45, 2.75) is 27.7 Å². The Hall–Kier alpha value is -3.07. The summed E-state index contributed by atoms with van der Waals surface area (Å²) in [6, 6.07) is 15.6. The average Bonchev–Trinajstić information content (AvgIpc) is 3.31. The average molecular weight is 541 g/mol. The molecule has 0 aliphatic rings. The van der Waals surface area contributed by atoms with Gasteiger partial charge in [-0.15, -0.1) is 0 Å². The van der Waals surface area contributed by atoms with E-state index in [1.165, 1.54) is 9.13 Å². The van der Waals surface area contributed by atoms with Gasteiger partial charge in [0.15, 0.2) is 5.76 Å². The Morgan fingerprint density at radius 1 is 1.16 bits per heavy atom. The van der Waals surface area contributed by atoms with Crippen LogP contribution in [0.1, 0.15) is 40.0 Å². The molecule has 0 saturated carbocycles. The number of aromatic nitrogens is 1. The predicted octanol–water partition coefficient (Wildman–Crippen LogP) is 5.92. The molecule has 1 amide bonds. The van der Waals surface area contributed by atoms with E-state index >= 15 is 0 Å². The molecule has 0 saturated heterocycles. The predicted molar refractivity (Wildman–Crippen MR) is 135 cm³/mol. The SMILES string of the molecule is CCOc1ccc2oc(C(=O)N/N=C\c3cc(C)n(-c4ccc(I)c(C)c4)c3C)cc2c1. The maximum absolute atomic E-state index is 12.5. The van der Waals surface area contributed by atoms with Gasteiger partial charge in [-0.1, -0.05) is 0 Å². The van der Waals surface area contributed by atoms with Gasteiger partial charge in [0.1, 0.15) is 11.3 Å². The molecule has 0 radical (unpaired) electrons. The van der Waals surface area contributed by atoms with Gasteiger partial charge in [0.2, 0.25) is 0 Å². The first-order valence-electron chi connectivity index (χ1n) is 10.3. The first-order chi connectivity index (χ1) is 15.4. The molecule has 2 aromatic carbocycles. The van der Waals surface area contributed by atoms with Gasteiger partial charge in [0.25, 0.3) is 0 Å². The monoisotopic (exact) mass is 541 g/mol. The lowest BCUT2D eigenvalue weighted by molar-refractivity contribution is 0.0929. The lowest BCUT2D eigenvalue weighted by atomic mass is 10.2. The molecular weight excluding hydrogens is 517 g/mol. The highest BCUT2D eigenvalue weighted by atomic mass is 127. The molecule has 1 N–H and O–H groups in total. The van der Waals surface area contributed by atoms with Crippen LogP contribution in [0.25, 0.3) is 16.7 Å². The van der Waals surface area contributed by atoms with Crippen molar-refractivity contribution in [2.75, 3.05) is 6.61 Å². The van der Waals surface area contributed by atoms with Gasteiger partial charge in [-0.25, -0.2) is 5.43 Å². The van der Waals surface area contributed by atoms with Crippen molar-refractivity contribution in [2.24, 2.45) is 5.10 Å². The smallest absolute Gasteiger partial charge is 0.307 e. The minimum absolute atomic E-state index is 0.200. The standard InChI is InChI=1S/C25H24IN3O3/c1-5-31-21-7-9-23-18(12-21)13-24(32-23)25(30)28-27-14-19-11-16(3)29(17(19)4)20-6-8-22(26)15(2)10-20/h6-14H,5H2,1-4H3,(H,28,30)/b27-14-. The van der Waals surface area contributed by atoms with Gasteiger partial charge >= 0.3 is 5.91 Å². The topological polar surface area (TPSA) is 68.8 Å². The third kappa shape index (κ3) is 4.43. The van der Waals surface area contributed by atoms with Crippen molar-refractivity contribution < 1.29 is 13.9 Å². The molecule has 0 unspecified atom stereocenters. The third-order valence-corrected chi connectivity index (χ3v) is 6.47. The minimum atomic E-state index is -0.405. The quantitative estimate of drug-likeness (QED) is 0.187. The van der Waals surface area contributed by atoms with E-state index in [1.54, 1.807) is 18.3 Å². The number of carbonyl (C=O) groups excluding carboxylic acids is 1. The number of halogens is 1. The number of hydrazone groups is 1. The van der Waals surface area contributed by atoms with Crippen LogP contribution in [0.5, 0.6) is 5.75 Å². The van der Waals surface area contributed by atoms with Gasteiger partial charge in [-0.3, -0.25) is 4.79 Å². The number of furan rings is 1. The number of amides is 1. The van der Waals surface area contributed by atoms with Crippen molar-refractivity contribution in [3.8, 4) is 11.4 Å². The second kappa shape index (κ2) is 9.20. The van der Waals surface area contributed by atoms with Crippen molar-refractivity contribution >= 4 is 45.7 Å². The Balaban J connectivity index is 1.51. The lowest BCUT2D eigenvalue weighted by Crippen LogP contribution is -2.16. The molecular formula is C25H24IN3O3. The van der Waals surface area contributed by atoms with Crippen LogP contribution in [0.3, 0.4) is 0 Å². The molecule has 32 heavy (non-hydrogen) atoms. The zero-order chi connectivity index (χ0) is 22.8. The summed E-state index contributed by atoms with van der Waals surface area (Å²) in [5.41, 5.74) is 8.60. The van der Waals surface area contributed by atoms with E-state index in [0.717, 1.165) is 33.8 Å². The fourth-order valence-electron chi connectivity index (χ4n) is 3.69. The first kappa shape index (κ1) is 22.1. The van der Waals surface area contributed by atoms with E-state index in [4.69, 9.17) is 9.15 Å². The number of hydrogen-bond acceptors (Lipinski definition) is 4. The Kier molecular flexibility index (Phi) is 6.36. The first-order valence-corrected chi connectivity index (χ1v) is 11.4. The summed E-state index contributed by atoms with van der Waals surface area (Å²) >= 11 is 2.34. The summed E-state index contributed by atoms with van der Waals surface area (Å²) in [6.45, 7) is 8.71. The van der Waals surface area contributed by atoms with E-state index in [9.17, 15) is 4.79 Å². The van der Waals surface area contributed by atoms with E-state index in [0.29, 0.717) is 12.2 Å². The van der Waals surface area contributed by atoms with Gasteiger partial charge in [-0.05, 0) is 104 Å². The van der Waals surface area contributed by atoms with E-state index in [-0.39, 0.29) is 5.76 Å². The largest absolute Gasteiger partial charge is 0.494 e. The highest BCUT2D eigenvalue weighted by molar-refractivity contribution is 14.1. The maximum Gasteiger partial charge on any atom is 0.307 e. The van der Waals surface area contributed by atoms with Crippen LogP contribution in [-0.4, -0.2) is 23.3 Å². The fourth-order valence-corrected chi connectivity index (χ4v) is 4.02. The molecule has 2 aromatic heterocycles. The van der Waals surface area contributed by atoms with Gasteiger partial charge in [0.05, 0.1) is 12.8 Å². The van der Waals surface area contributed by atoms with Gasteiger partial charge < -0.3 is 13.7 Å². The number of aryl methyl sites for hydroxylation is 2. The lowest BCUT2D eigenvalue weighted by Gasteiger charge is -2.11. The number of nitrogens with one attached hydrogen (secondary N) is 1. The minimum Gasteiger partial charge on any atom is -0.494 e. The number of nitrogens with zero attached hydrogens (tertiary/aromatic N) is 2. The fraction of sp³-hybridized carbons (Fsp3) is 0.200.